The average Bonchev–Trinajstić information content (AvgIpc) is 2.90. The van der Waals surface area contributed by atoms with E-state index in [9.17, 15) is 24.2 Å². The van der Waals surface area contributed by atoms with Gasteiger partial charge in [-0.15, -0.1) is 0 Å². The van der Waals surface area contributed by atoms with Gasteiger partial charge in [-0.25, -0.2) is 4.57 Å². The molecule has 11 heteroatoms. The number of carbonyl (C=O) groups excluding carboxylic acids is 2. The number of rotatable bonds is 27. The van der Waals surface area contributed by atoms with Gasteiger partial charge in [-0.05, 0) is 12.8 Å². The van der Waals surface area contributed by atoms with Gasteiger partial charge in [-0.3, -0.25) is 18.6 Å². The maximum Gasteiger partial charge on any atom is 0.472 e. The highest BCUT2D eigenvalue weighted by Crippen LogP contribution is 2.43. The number of aliphatic hydroxyl groups is 2. The van der Waals surface area contributed by atoms with Crippen LogP contribution >= 0.6 is 7.82 Å². The van der Waals surface area contributed by atoms with Crippen molar-refractivity contribution in [2.24, 2.45) is 0 Å². The van der Waals surface area contributed by atoms with E-state index in [1.807, 2.05) is 6.92 Å². The number of esters is 2. The Labute approximate surface area is 229 Å². The maximum absolute atomic E-state index is 12.3. The third kappa shape index (κ3) is 24.0. The minimum absolute atomic E-state index is 0.189. The molecule has 0 aliphatic heterocycles. The van der Waals surface area contributed by atoms with Gasteiger partial charge in [-0.2, -0.15) is 0 Å². The maximum atomic E-state index is 12.3. The van der Waals surface area contributed by atoms with E-state index in [-0.39, 0.29) is 19.4 Å². The molecule has 0 saturated carbocycles. The van der Waals surface area contributed by atoms with Gasteiger partial charge in [-0.1, -0.05) is 97.3 Å². The molecule has 0 radical (unpaired) electrons. The molecule has 0 aliphatic rings. The Kier molecular flexibility index (Phi) is 24.3. The molecule has 0 spiro atoms. The van der Waals surface area contributed by atoms with Crippen molar-refractivity contribution < 1.29 is 47.8 Å². The molecule has 0 saturated heterocycles. The molecular formula is C27H53O10P. The first-order valence-corrected chi connectivity index (χ1v) is 16.0. The monoisotopic (exact) mass is 568 g/mol. The third-order valence-corrected chi connectivity index (χ3v) is 6.96. The lowest BCUT2D eigenvalue weighted by molar-refractivity contribution is -0.161. The Hall–Kier alpha value is -1.03. The Morgan fingerprint density at radius 2 is 1.16 bits per heavy atom. The molecule has 10 nitrogen and oxygen atoms in total. The van der Waals surface area contributed by atoms with Crippen molar-refractivity contribution >= 4 is 19.8 Å². The molecule has 0 aromatic rings. The van der Waals surface area contributed by atoms with Crippen molar-refractivity contribution in [3.8, 4) is 0 Å². The van der Waals surface area contributed by atoms with E-state index in [4.69, 9.17) is 19.1 Å². The summed E-state index contributed by atoms with van der Waals surface area (Å²) in [6.07, 6.45) is 15.0. The van der Waals surface area contributed by atoms with E-state index in [1.54, 1.807) is 0 Å². The van der Waals surface area contributed by atoms with Gasteiger partial charge in [0.15, 0.2) is 6.10 Å². The summed E-state index contributed by atoms with van der Waals surface area (Å²) < 4.78 is 31.9. The van der Waals surface area contributed by atoms with Crippen LogP contribution in [0, 0.1) is 0 Å². The smallest absolute Gasteiger partial charge is 0.462 e. The van der Waals surface area contributed by atoms with E-state index in [2.05, 4.69) is 11.4 Å². The van der Waals surface area contributed by atoms with Gasteiger partial charge in [0.05, 0.1) is 19.8 Å². The summed E-state index contributed by atoms with van der Waals surface area (Å²) in [6.45, 7) is 2.07. The number of phosphoric acid groups is 1. The molecule has 0 fully saturated rings. The lowest BCUT2D eigenvalue weighted by Crippen LogP contribution is -2.29. The molecule has 0 aromatic carbocycles. The van der Waals surface area contributed by atoms with Gasteiger partial charge in [0.25, 0.3) is 0 Å². The van der Waals surface area contributed by atoms with Crippen molar-refractivity contribution in [2.75, 3.05) is 26.4 Å². The highest BCUT2D eigenvalue weighted by molar-refractivity contribution is 7.47. The number of ether oxygens (including phenoxy) is 2. The fraction of sp³-hybridized carbons (Fsp3) is 0.926. The van der Waals surface area contributed by atoms with Crippen LogP contribution in [0.15, 0.2) is 0 Å². The van der Waals surface area contributed by atoms with E-state index in [1.165, 1.54) is 57.8 Å². The number of hydrogen-bond acceptors (Lipinski definition) is 9. The van der Waals surface area contributed by atoms with Gasteiger partial charge >= 0.3 is 19.8 Å². The number of aliphatic hydroxyl groups excluding tert-OH is 2. The Balaban J connectivity index is 4.26. The van der Waals surface area contributed by atoms with Crippen LogP contribution in [0.2, 0.25) is 0 Å². The number of carbonyl (C=O) groups is 2. The Morgan fingerprint density at radius 3 is 1.68 bits per heavy atom. The standard InChI is InChI=1S/C27H53O10P/c1-3-5-7-8-9-10-11-12-13-14-15-16-17-19-27(31)37-25(22-34-26(30)18-6-4-2)23-36-38(32,33)35-21-24(29)20-28/h24-25,28-29H,3-23H2,1-2H3,(H,32,33)/t24-,25+/m0/s1. The van der Waals surface area contributed by atoms with Crippen LogP contribution in [0.1, 0.15) is 123 Å². The van der Waals surface area contributed by atoms with Crippen LogP contribution in [0.5, 0.6) is 0 Å². The van der Waals surface area contributed by atoms with Gasteiger partial charge in [0, 0.05) is 12.8 Å². The summed E-state index contributed by atoms with van der Waals surface area (Å²) in [6, 6.07) is 0. The van der Waals surface area contributed by atoms with Crippen LogP contribution in [-0.4, -0.2) is 65.7 Å². The number of unbranched alkanes of at least 4 members (excludes halogenated alkanes) is 13. The molecule has 0 heterocycles. The minimum Gasteiger partial charge on any atom is -0.462 e. The lowest BCUT2D eigenvalue weighted by Gasteiger charge is -2.20. The average molecular weight is 569 g/mol. The molecule has 1 unspecified atom stereocenters. The lowest BCUT2D eigenvalue weighted by atomic mass is 10.0. The first kappa shape index (κ1) is 37.0. The van der Waals surface area contributed by atoms with Crippen LogP contribution in [0.25, 0.3) is 0 Å². The first-order valence-electron chi connectivity index (χ1n) is 14.5. The zero-order valence-electron chi connectivity index (χ0n) is 23.7. The highest BCUT2D eigenvalue weighted by atomic mass is 31.2. The van der Waals surface area contributed by atoms with Crippen LogP contribution in [-0.2, 0) is 32.7 Å². The van der Waals surface area contributed by atoms with Gasteiger partial charge in [0.2, 0.25) is 0 Å². The molecule has 0 rings (SSSR count). The zero-order valence-corrected chi connectivity index (χ0v) is 24.5. The SMILES string of the molecule is CCCCCCCCCCCCCCCC(=O)O[C@H](COC(=O)CCCC)COP(=O)(O)OC[C@@H](O)CO. The quantitative estimate of drug-likeness (QED) is 0.0649. The molecule has 226 valence electrons. The molecule has 0 aromatic heterocycles. The Bertz CT molecular complexity index is 631. The fourth-order valence-electron chi connectivity index (χ4n) is 3.67. The third-order valence-electron chi connectivity index (χ3n) is 6.01. The second-order valence-electron chi connectivity index (χ2n) is 9.79. The minimum atomic E-state index is -4.58. The molecule has 0 aliphatic carbocycles. The second-order valence-corrected chi connectivity index (χ2v) is 11.2. The number of phosphoric ester groups is 1. The van der Waals surface area contributed by atoms with Crippen molar-refractivity contribution in [2.45, 2.75) is 135 Å². The van der Waals surface area contributed by atoms with Crippen LogP contribution < -0.4 is 0 Å². The summed E-state index contributed by atoms with van der Waals surface area (Å²) in [5.41, 5.74) is 0. The van der Waals surface area contributed by atoms with E-state index >= 15 is 0 Å². The van der Waals surface area contributed by atoms with Crippen molar-refractivity contribution in [1.29, 1.82) is 0 Å². The summed E-state index contributed by atoms with van der Waals surface area (Å²) in [5, 5.41) is 18.0. The molecule has 0 bridgehead atoms. The molecule has 3 N–H and O–H groups in total. The predicted octanol–water partition coefficient (Wildman–Crippen LogP) is 5.60. The fourth-order valence-corrected chi connectivity index (χ4v) is 4.46. The van der Waals surface area contributed by atoms with Gasteiger partial charge < -0.3 is 24.6 Å². The topological polar surface area (TPSA) is 149 Å². The molecule has 0 amide bonds. The zero-order chi connectivity index (χ0) is 28.5. The first-order chi connectivity index (χ1) is 18.2. The number of hydrogen-bond donors (Lipinski definition) is 3. The largest absolute Gasteiger partial charge is 0.472 e. The molecule has 3 atom stereocenters. The summed E-state index contributed by atoms with van der Waals surface area (Å²) >= 11 is 0. The summed E-state index contributed by atoms with van der Waals surface area (Å²) in [5.74, 6) is -0.963. The summed E-state index contributed by atoms with van der Waals surface area (Å²) in [7, 11) is -4.58. The van der Waals surface area contributed by atoms with Gasteiger partial charge in [0.1, 0.15) is 12.7 Å². The van der Waals surface area contributed by atoms with E-state index in [0.717, 1.165) is 25.7 Å². The van der Waals surface area contributed by atoms with Crippen molar-refractivity contribution in [3.63, 3.8) is 0 Å². The molecular weight excluding hydrogens is 515 g/mol. The van der Waals surface area contributed by atoms with Crippen molar-refractivity contribution in [1.82, 2.24) is 0 Å². The second kappa shape index (κ2) is 25.0. The van der Waals surface area contributed by atoms with Crippen molar-refractivity contribution in [3.05, 3.63) is 0 Å². The normalized spacial score (nSPS) is 14.6. The van der Waals surface area contributed by atoms with E-state index in [0.29, 0.717) is 12.8 Å². The Morgan fingerprint density at radius 1 is 0.684 bits per heavy atom. The highest BCUT2D eigenvalue weighted by Gasteiger charge is 2.27. The predicted molar refractivity (Wildman–Crippen MR) is 145 cm³/mol. The molecule has 38 heavy (non-hydrogen) atoms. The van der Waals surface area contributed by atoms with E-state index < -0.39 is 51.8 Å². The van der Waals surface area contributed by atoms with Crippen LogP contribution in [0.4, 0.5) is 0 Å². The summed E-state index contributed by atoms with van der Waals surface area (Å²) in [4.78, 5) is 33.9. The van der Waals surface area contributed by atoms with Crippen LogP contribution in [0.3, 0.4) is 0 Å².